The minimum absolute atomic E-state index is 0.00475. The van der Waals surface area contributed by atoms with Crippen LogP contribution >= 0.6 is 0 Å². The maximum atomic E-state index is 12.3. The molecule has 2 heterocycles. The molecule has 1 saturated heterocycles. The number of rotatable bonds is 5. The predicted octanol–water partition coefficient (Wildman–Crippen LogP) is 3.85. The third-order valence-electron chi connectivity index (χ3n) is 5.37. The molecule has 158 valence electrons. The fourth-order valence-corrected chi connectivity index (χ4v) is 4.07. The van der Waals surface area contributed by atoms with Crippen LogP contribution in [-0.4, -0.2) is 36.6 Å². The number of nitrogens with one attached hydrogen (secondary N) is 1. The molecule has 0 aromatic heterocycles. The van der Waals surface area contributed by atoms with Crippen LogP contribution in [0.25, 0.3) is 0 Å². The standard InChI is InChI=1S/C22H25N3O5/c1-14(2)23-22(26)16-5-7-18(19(12-16)25(27)28)24-9-3-4-17(24)15-6-8-20-21(13-15)30-11-10-29-20/h5-8,12-14,17H,3-4,9-11H2,1-2H3,(H,23,26)/t17-/m1/s1. The highest BCUT2D eigenvalue weighted by molar-refractivity contribution is 5.96. The highest BCUT2D eigenvalue weighted by Crippen LogP contribution is 2.43. The third kappa shape index (κ3) is 3.90. The molecule has 0 radical (unpaired) electrons. The zero-order valence-corrected chi connectivity index (χ0v) is 17.1. The van der Waals surface area contributed by atoms with Crippen molar-refractivity contribution in [2.24, 2.45) is 0 Å². The van der Waals surface area contributed by atoms with Gasteiger partial charge in [0, 0.05) is 24.2 Å². The van der Waals surface area contributed by atoms with Gasteiger partial charge in [0.15, 0.2) is 11.5 Å². The molecule has 1 N–H and O–H groups in total. The number of hydrogen-bond acceptors (Lipinski definition) is 6. The Morgan fingerprint density at radius 1 is 1.17 bits per heavy atom. The van der Waals surface area contributed by atoms with Crippen LogP contribution in [-0.2, 0) is 0 Å². The van der Waals surface area contributed by atoms with E-state index < -0.39 is 4.92 Å². The van der Waals surface area contributed by atoms with Gasteiger partial charge in [-0.25, -0.2) is 0 Å². The first-order valence-electron chi connectivity index (χ1n) is 10.2. The number of nitrogens with zero attached hydrogens (tertiary/aromatic N) is 2. The summed E-state index contributed by atoms with van der Waals surface area (Å²) in [6, 6.07) is 10.5. The van der Waals surface area contributed by atoms with Crippen LogP contribution in [0.2, 0.25) is 0 Å². The van der Waals surface area contributed by atoms with E-state index >= 15 is 0 Å². The molecule has 0 aliphatic carbocycles. The Kier molecular flexibility index (Phi) is 5.48. The second-order valence-electron chi connectivity index (χ2n) is 7.84. The Hall–Kier alpha value is -3.29. The lowest BCUT2D eigenvalue weighted by Crippen LogP contribution is -2.30. The normalized spacial score (nSPS) is 17.8. The van der Waals surface area contributed by atoms with Gasteiger partial charge >= 0.3 is 0 Å². The maximum Gasteiger partial charge on any atom is 0.293 e. The number of carbonyl (C=O) groups is 1. The summed E-state index contributed by atoms with van der Waals surface area (Å²) in [5.74, 6) is 1.12. The number of anilines is 1. The van der Waals surface area contributed by atoms with Gasteiger partial charge in [0.25, 0.3) is 11.6 Å². The smallest absolute Gasteiger partial charge is 0.293 e. The molecule has 1 fully saturated rings. The molecule has 8 nitrogen and oxygen atoms in total. The zero-order chi connectivity index (χ0) is 21.3. The lowest BCUT2D eigenvalue weighted by atomic mass is 10.0. The Bertz CT molecular complexity index is 975. The Balaban J connectivity index is 1.66. The van der Waals surface area contributed by atoms with Gasteiger partial charge in [0.05, 0.1) is 11.0 Å². The first kappa shape index (κ1) is 20.0. The monoisotopic (exact) mass is 411 g/mol. The predicted molar refractivity (Wildman–Crippen MR) is 112 cm³/mol. The van der Waals surface area contributed by atoms with Gasteiger partial charge in [0.2, 0.25) is 0 Å². The molecule has 1 atom stereocenters. The average molecular weight is 411 g/mol. The number of ether oxygens (including phenoxy) is 2. The highest BCUT2D eigenvalue weighted by Gasteiger charge is 2.32. The number of amides is 1. The number of fused-ring (bicyclic) bond motifs is 1. The minimum atomic E-state index is -0.416. The fraction of sp³-hybridized carbons (Fsp3) is 0.409. The first-order valence-corrected chi connectivity index (χ1v) is 10.2. The Morgan fingerprint density at radius 2 is 1.93 bits per heavy atom. The summed E-state index contributed by atoms with van der Waals surface area (Å²) < 4.78 is 11.3. The second kappa shape index (κ2) is 8.22. The topological polar surface area (TPSA) is 93.9 Å². The van der Waals surface area contributed by atoms with E-state index in [1.165, 1.54) is 6.07 Å². The van der Waals surface area contributed by atoms with E-state index in [-0.39, 0.29) is 29.2 Å². The minimum Gasteiger partial charge on any atom is -0.486 e. The number of nitro groups is 1. The van der Waals surface area contributed by atoms with Gasteiger partial charge in [-0.1, -0.05) is 6.07 Å². The summed E-state index contributed by atoms with van der Waals surface area (Å²) in [7, 11) is 0. The second-order valence-corrected chi connectivity index (χ2v) is 7.84. The molecule has 1 amide bonds. The molecular weight excluding hydrogens is 386 g/mol. The average Bonchev–Trinajstić information content (AvgIpc) is 3.22. The van der Waals surface area contributed by atoms with Crippen molar-refractivity contribution in [3.05, 3.63) is 57.6 Å². The van der Waals surface area contributed by atoms with Crippen molar-refractivity contribution in [1.82, 2.24) is 5.32 Å². The van der Waals surface area contributed by atoms with Gasteiger partial charge in [-0.3, -0.25) is 14.9 Å². The molecule has 0 spiro atoms. The molecular formula is C22H25N3O5. The molecule has 8 heteroatoms. The highest BCUT2D eigenvalue weighted by atomic mass is 16.6. The van der Waals surface area contributed by atoms with Gasteiger partial charge in [0.1, 0.15) is 18.9 Å². The van der Waals surface area contributed by atoms with Crippen LogP contribution < -0.4 is 19.7 Å². The Labute approximate surface area is 174 Å². The van der Waals surface area contributed by atoms with Crippen LogP contribution in [0.3, 0.4) is 0 Å². The van der Waals surface area contributed by atoms with Crippen molar-refractivity contribution >= 4 is 17.3 Å². The van der Waals surface area contributed by atoms with Crippen LogP contribution in [0, 0.1) is 10.1 Å². The van der Waals surface area contributed by atoms with Gasteiger partial charge in [-0.05, 0) is 56.5 Å². The van der Waals surface area contributed by atoms with E-state index in [0.29, 0.717) is 31.2 Å². The van der Waals surface area contributed by atoms with E-state index in [9.17, 15) is 14.9 Å². The van der Waals surface area contributed by atoms with Crippen molar-refractivity contribution in [2.75, 3.05) is 24.7 Å². The molecule has 2 aromatic rings. The van der Waals surface area contributed by atoms with Crippen molar-refractivity contribution in [3.8, 4) is 11.5 Å². The van der Waals surface area contributed by atoms with Crippen LogP contribution in [0.5, 0.6) is 11.5 Å². The number of carbonyl (C=O) groups excluding carboxylic acids is 1. The summed E-state index contributed by atoms with van der Waals surface area (Å²) in [4.78, 5) is 25.8. The van der Waals surface area contributed by atoms with E-state index in [1.807, 2.05) is 36.9 Å². The summed E-state index contributed by atoms with van der Waals surface area (Å²) in [6.07, 6.45) is 1.80. The first-order chi connectivity index (χ1) is 14.4. The van der Waals surface area contributed by atoms with E-state index in [1.54, 1.807) is 12.1 Å². The summed E-state index contributed by atoms with van der Waals surface area (Å²) in [5.41, 5.74) is 1.79. The van der Waals surface area contributed by atoms with Crippen molar-refractivity contribution in [2.45, 2.75) is 38.8 Å². The number of nitro benzene ring substituents is 1. The number of hydrogen-bond donors (Lipinski definition) is 1. The summed E-state index contributed by atoms with van der Waals surface area (Å²) in [5, 5.41) is 14.6. The van der Waals surface area contributed by atoms with Gasteiger partial charge in [-0.15, -0.1) is 0 Å². The van der Waals surface area contributed by atoms with Gasteiger partial charge < -0.3 is 19.7 Å². The largest absolute Gasteiger partial charge is 0.486 e. The van der Waals surface area contributed by atoms with E-state index in [4.69, 9.17) is 9.47 Å². The zero-order valence-electron chi connectivity index (χ0n) is 17.1. The SMILES string of the molecule is CC(C)NC(=O)c1ccc(N2CCC[C@@H]2c2ccc3c(c2)OCCO3)c([N+](=O)[O-])c1. The van der Waals surface area contributed by atoms with Gasteiger partial charge in [-0.2, -0.15) is 0 Å². The molecule has 2 aliphatic rings. The summed E-state index contributed by atoms with van der Waals surface area (Å²) in [6.45, 7) is 5.45. The fourth-order valence-electron chi connectivity index (χ4n) is 4.07. The third-order valence-corrected chi connectivity index (χ3v) is 5.37. The molecule has 0 saturated carbocycles. The van der Waals surface area contributed by atoms with Crippen LogP contribution in [0.4, 0.5) is 11.4 Å². The van der Waals surface area contributed by atoms with Crippen molar-refractivity contribution < 1.29 is 19.2 Å². The van der Waals surface area contributed by atoms with Crippen molar-refractivity contribution in [3.63, 3.8) is 0 Å². The molecule has 2 aliphatic heterocycles. The summed E-state index contributed by atoms with van der Waals surface area (Å²) >= 11 is 0. The van der Waals surface area contributed by atoms with Crippen LogP contribution in [0.1, 0.15) is 48.7 Å². The quantitative estimate of drug-likeness (QED) is 0.593. The molecule has 0 bridgehead atoms. The maximum absolute atomic E-state index is 12.3. The van der Waals surface area contributed by atoms with E-state index in [2.05, 4.69) is 5.32 Å². The number of benzene rings is 2. The lowest BCUT2D eigenvalue weighted by Gasteiger charge is -2.28. The lowest BCUT2D eigenvalue weighted by molar-refractivity contribution is -0.384. The molecule has 4 rings (SSSR count). The van der Waals surface area contributed by atoms with Crippen molar-refractivity contribution in [1.29, 1.82) is 0 Å². The molecule has 2 aromatic carbocycles. The molecule has 0 unspecified atom stereocenters. The molecule has 30 heavy (non-hydrogen) atoms. The van der Waals surface area contributed by atoms with E-state index in [0.717, 1.165) is 24.2 Å². The Morgan fingerprint density at radius 3 is 2.67 bits per heavy atom. The van der Waals surface area contributed by atoms with Crippen LogP contribution in [0.15, 0.2) is 36.4 Å².